The molecule has 0 aliphatic heterocycles. The molecule has 140 valence electrons. The molecule has 0 radical (unpaired) electrons. The zero-order valence-corrected chi connectivity index (χ0v) is 14.3. The van der Waals surface area contributed by atoms with Crippen LogP contribution in [-0.4, -0.2) is 34.8 Å². The fraction of sp³-hybridized carbons (Fsp3) is 0.353. The Morgan fingerprint density at radius 2 is 1.85 bits per heavy atom. The van der Waals surface area contributed by atoms with Gasteiger partial charge in [0.15, 0.2) is 0 Å². The van der Waals surface area contributed by atoms with Crippen molar-refractivity contribution in [3.63, 3.8) is 0 Å². The number of nitrogens with zero attached hydrogens (tertiary/aromatic N) is 2. The second-order valence-electron chi connectivity index (χ2n) is 5.76. The molecular formula is C17H19F3N4O2. The third kappa shape index (κ3) is 6.23. The van der Waals surface area contributed by atoms with Crippen LogP contribution in [0.5, 0.6) is 5.75 Å². The zero-order chi connectivity index (χ0) is 19.2. The summed E-state index contributed by atoms with van der Waals surface area (Å²) in [6, 6.07) is 5.97. The van der Waals surface area contributed by atoms with Gasteiger partial charge in [0, 0.05) is 25.0 Å². The number of carbonyl (C=O) groups excluding carboxylic acids is 1. The Morgan fingerprint density at radius 1 is 1.19 bits per heavy atom. The number of anilines is 1. The lowest BCUT2D eigenvalue weighted by atomic mass is 10.1. The molecule has 1 aromatic carbocycles. The van der Waals surface area contributed by atoms with Crippen LogP contribution in [0.25, 0.3) is 0 Å². The van der Waals surface area contributed by atoms with Gasteiger partial charge < -0.3 is 15.4 Å². The molecule has 0 aliphatic carbocycles. The molecule has 6 nitrogen and oxygen atoms in total. The second kappa shape index (κ2) is 8.50. The van der Waals surface area contributed by atoms with E-state index in [1.165, 1.54) is 30.6 Å². The first kappa shape index (κ1) is 19.5. The van der Waals surface area contributed by atoms with Crippen LogP contribution in [-0.2, 0) is 6.42 Å². The molecule has 2 aromatic rings. The van der Waals surface area contributed by atoms with Gasteiger partial charge in [0.1, 0.15) is 5.75 Å². The van der Waals surface area contributed by atoms with Crippen molar-refractivity contribution in [3.8, 4) is 5.75 Å². The average molecular weight is 368 g/mol. The monoisotopic (exact) mass is 368 g/mol. The van der Waals surface area contributed by atoms with E-state index in [0.29, 0.717) is 11.5 Å². The Bertz CT molecular complexity index is 734. The van der Waals surface area contributed by atoms with Gasteiger partial charge in [-0.15, -0.1) is 13.2 Å². The highest BCUT2D eigenvalue weighted by atomic mass is 19.4. The van der Waals surface area contributed by atoms with Crippen molar-refractivity contribution in [2.45, 2.75) is 32.7 Å². The van der Waals surface area contributed by atoms with E-state index in [1.807, 2.05) is 13.8 Å². The van der Waals surface area contributed by atoms with Crippen molar-refractivity contribution in [2.24, 2.45) is 0 Å². The quantitative estimate of drug-likeness (QED) is 0.785. The van der Waals surface area contributed by atoms with Gasteiger partial charge in [-0.25, -0.2) is 9.97 Å². The number of aromatic nitrogens is 2. The van der Waals surface area contributed by atoms with Gasteiger partial charge in [-0.05, 0) is 31.9 Å². The number of halogens is 3. The van der Waals surface area contributed by atoms with E-state index in [9.17, 15) is 18.0 Å². The Labute approximate surface area is 148 Å². The van der Waals surface area contributed by atoms with E-state index in [-0.39, 0.29) is 30.3 Å². The molecular weight excluding hydrogens is 349 g/mol. The summed E-state index contributed by atoms with van der Waals surface area (Å²) in [5.74, 6) is -0.271. The van der Waals surface area contributed by atoms with Gasteiger partial charge in [-0.1, -0.05) is 18.2 Å². The summed E-state index contributed by atoms with van der Waals surface area (Å²) in [5.41, 5.74) is 0.608. The number of benzene rings is 1. The molecule has 26 heavy (non-hydrogen) atoms. The van der Waals surface area contributed by atoms with E-state index in [4.69, 9.17) is 0 Å². The molecule has 0 atom stereocenters. The predicted octanol–water partition coefficient (Wildman–Crippen LogP) is 3.17. The standard InChI is InChI=1S/C17H19F3N4O2/c1-11(2)24-16-22-9-13(10-23-16)15(25)21-8-7-12-5-3-4-6-14(12)26-17(18,19)20/h3-6,9-11H,7-8H2,1-2H3,(H,21,25)(H,22,23,24). The van der Waals surface area contributed by atoms with Crippen LogP contribution >= 0.6 is 0 Å². The van der Waals surface area contributed by atoms with Gasteiger partial charge in [0.2, 0.25) is 5.95 Å². The summed E-state index contributed by atoms with van der Waals surface area (Å²) in [7, 11) is 0. The van der Waals surface area contributed by atoms with Gasteiger partial charge >= 0.3 is 6.36 Å². The summed E-state index contributed by atoms with van der Waals surface area (Å²) >= 11 is 0. The van der Waals surface area contributed by atoms with Gasteiger partial charge in [0.05, 0.1) is 5.56 Å². The first-order chi connectivity index (χ1) is 12.2. The topological polar surface area (TPSA) is 76.1 Å². The number of amides is 1. The lowest BCUT2D eigenvalue weighted by Crippen LogP contribution is -2.26. The maximum atomic E-state index is 12.4. The molecule has 0 saturated carbocycles. The Morgan fingerprint density at radius 3 is 2.46 bits per heavy atom. The lowest BCUT2D eigenvalue weighted by molar-refractivity contribution is -0.274. The number of hydrogen-bond donors (Lipinski definition) is 2. The minimum Gasteiger partial charge on any atom is -0.406 e. The van der Waals surface area contributed by atoms with Crippen molar-refractivity contribution < 1.29 is 22.7 Å². The molecule has 0 aliphatic rings. The molecule has 1 amide bonds. The van der Waals surface area contributed by atoms with Crippen LogP contribution in [0, 0.1) is 0 Å². The van der Waals surface area contributed by atoms with Crippen molar-refractivity contribution in [1.82, 2.24) is 15.3 Å². The number of rotatable bonds is 7. The van der Waals surface area contributed by atoms with Crippen LogP contribution in [0.15, 0.2) is 36.7 Å². The zero-order valence-electron chi connectivity index (χ0n) is 14.3. The van der Waals surface area contributed by atoms with Crippen LogP contribution in [0.3, 0.4) is 0 Å². The molecule has 1 heterocycles. The summed E-state index contributed by atoms with van der Waals surface area (Å²) in [6.45, 7) is 4.01. The molecule has 0 bridgehead atoms. The van der Waals surface area contributed by atoms with E-state index >= 15 is 0 Å². The summed E-state index contributed by atoms with van der Waals surface area (Å²) in [4.78, 5) is 20.1. The number of para-hydroxylation sites is 1. The number of nitrogens with one attached hydrogen (secondary N) is 2. The first-order valence-electron chi connectivity index (χ1n) is 7.95. The fourth-order valence-electron chi connectivity index (χ4n) is 2.13. The van der Waals surface area contributed by atoms with E-state index in [2.05, 4.69) is 25.3 Å². The first-order valence-corrected chi connectivity index (χ1v) is 7.95. The highest BCUT2D eigenvalue weighted by Crippen LogP contribution is 2.26. The number of hydrogen-bond acceptors (Lipinski definition) is 5. The molecule has 0 unspecified atom stereocenters. The number of carbonyl (C=O) groups is 1. The summed E-state index contributed by atoms with van der Waals surface area (Å²) in [6.07, 6.45) is -1.81. The SMILES string of the molecule is CC(C)Nc1ncc(C(=O)NCCc2ccccc2OC(F)(F)F)cn1. The van der Waals surface area contributed by atoms with Crippen LogP contribution < -0.4 is 15.4 Å². The molecule has 2 N–H and O–H groups in total. The number of alkyl halides is 3. The average Bonchev–Trinajstić information content (AvgIpc) is 2.55. The largest absolute Gasteiger partial charge is 0.573 e. The lowest BCUT2D eigenvalue weighted by Gasteiger charge is -2.13. The maximum absolute atomic E-state index is 12.4. The minimum atomic E-state index is -4.76. The third-order valence-electron chi connectivity index (χ3n) is 3.21. The van der Waals surface area contributed by atoms with Crippen LogP contribution in [0.2, 0.25) is 0 Å². The second-order valence-corrected chi connectivity index (χ2v) is 5.76. The normalized spacial score (nSPS) is 11.3. The van der Waals surface area contributed by atoms with Crippen molar-refractivity contribution in [2.75, 3.05) is 11.9 Å². The molecule has 0 saturated heterocycles. The smallest absolute Gasteiger partial charge is 0.406 e. The van der Waals surface area contributed by atoms with Gasteiger partial charge in [-0.3, -0.25) is 4.79 Å². The summed E-state index contributed by atoms with van der Waals surface area (Å²) < 4.78 is 41.2. The number of ether oxygens (including phenoxy) is 1. The van der Waals surface area contributed by atoms with Crippen LogP contribution in [0.4, 0.5) is 19.1 Å². The van der Waals surface area contributed by atoms with Crippen molar-refractivity contribution in [1.29, 1.82) is 0 Å². The van der Waals surface area contributed by atoms with Gasteiger partial charge in [0.25, 0.3) is 5.91 Å². The third-order valence-corrected chi connectivity index (χ3v) is 3.21. The van der Waals surface area contributed by atoms with Crippen molar-refractivity contribution >= 4 is 11.9 Å². The molecule has 0 spiro atoms. The molecule has 9 heteroatoms. The maximum Gasteiger partial charge on any atom is 0.573 e. The molecule has 1 aromatic heterocycles. The highest BCUT2D eigenvalue weighted by molar-refractivity contribution is 5.93. The molecule has 0 fully saturated rings. The van der Waals surface area contributed by atoms with E-state index in [0.717, 1.165) is 0 Å². The fourth-order valence-corrected chi connectivity index (χ4v) is 2.13. The van der Waals surface area contributed by atoms with Gasteiger partial charge in [-0.2, -0.15) is 0 Å². The summed E-state index contributed by atoms with van der Waals surface area (Å²) in [5, 5.41) is 5.62. The Balaban J connectivity index is 1.90. The van der Waals surface area contributed by atoms with E-state index < -0.39 is 12.3 Å². The van der Waals surface area contributed by atoms with E-state index in [1.54, 1.807) is 6.07 Å². The van der Waals surface area contributed by atoms with Crippen LogP contribution in [0.1, 0.15) is 29.8 Å². The Kier molecular flexibility index (Phi) is 6.37. The predicted molar refractivity (Wildman–Crippen MR) is 90.0 cm³/mol. The minimum absolute atomic E-state index is 0.142. The Hall–Kier alpha value is -2.84. The molecule has 2 rings (SSSR count). The van der Waals surface area contributed by atoms with Crippen molar-refractivity contribution in [3.05, 3.63) is 47.8 Å². The highest BCUT2D eigenvalue weighted by Gasteiger charge is 2.31.